The lowest BCUT2D eigenvalue weighted by Gasteiger charge is -2.22. The molecular weight excluding hydrogens is 430 g/mol. The molecule has 35 heavy (non-hydrogen) atoms. The van der Waals surface area contributed by atoms with E-state index in [4.69, 9.17) is 4.74 Å². The minimum atomic E-state index is -0.0744. The first-order valence-corrected chi connectivity index (χ1v) is 16.0. The zero-order valence-electron chi connectivity index (χ0n) is 24.7. The van der Waals surface area contributed by atoms with Crippen molar-refractivity contribution in [3.63, 3.8) is 0 Å². The molecule has 0 saturated carbocycles. The third kappa shape index (κ3) is 24.9. The van der Waals surface area contributed by atoms with Crippen molar-refractivity contribution in [2.75, 3.05) is 20.7 Å². The molecule has 0 rings (SSSR count). The number of carbonyl (C=O) groups is 1. The number of likely N-dealkylation sites (N-methyl/N-ethyl adjacent to an activating group) is 1. The molecule has 0 heterocycles. The van der Waals surface area contributed by atoms with Crippen LogP contribution in [0, 0.1) is 0 Å². The van der Waals surface area contributed by atoms with Crippen LogP contribution < -0.4 is 0 Å². The molecule has 0 aliphatic rings. The van der Waals surface area contributed by atoms with E-state index in [0.717, 1.165) is 25.7 Å². The molecule has 0 aliphatic heterocycles. The van der Waals surface area contributed by atoms with Crippen molar-refractivity contribution >= 4 is 5.97 Å². The van der Waals surface area contributed by atoms with Crippen molar-refractivity contribution in [2.24, 2.45) is 0 Å². The minimum Gasteiger partial charge on any atom is -0.465 e. The molecule has 0 spiro atoms. The van der Waals surface area contributed by atoms with Gasteiger partial charge in [0.2, 0.25) is 0 Å². The number of hydrogen-bond acceptors (Lipinski definition) is 3. The van der Waals surface area contributed by atoms with Gasteiger partial charge in [-0.1, -0.05) is 162 Å². The van der Waals surface area contributed by atoms with Crippen molar-refractivity contribution in [3.05, 3.63) is 0 Å². The Hall–Kier alpha value is -0.570. The molecule has 1 unspecified atom stereocenters. The lowest BCUT2D eigenvalue weighted by Crippen LogP contribution is -2.37. The highest BCUT2D eigenvalue weighted by Crippen LogP contribution is 2.15. The van der Waals surface area contributed by atoms with Crippen LogP contribution in [0.25, 0.3) is 0 Å². The van der Waals surface area contributed by atoms with Gasteiger partial charge in [0.1, 0.15) is 6.04 Å². The summed E-state index contributed by atoms with van der Waals surface area (Å²) in [5.74, 6) is -0.0352. The second kappa shape index (κ2) is 28.0. The van der Waals surface area contributed by atoms with Crippen LogP contribution in [0.2, 0.25) is 0 Å². The average Bonchev–Trinajstić information content (AvgIpc) is 2.84. The summed E-state index contributed by atoms with van der Waals surface area (Å²) in [6.45, 7) is 5.05. The summed E-state index contributed by atoms with van der Waals surface area (Å²) in [7, 11) is 3.95. The third-order valence-corrected chi connectivity index (χ3v) is 7.47. The first-order chi connectivity index (χ1) is 17.1. The van der Waals surface area contributed by atoms with Gasteiger partial charge in [-0.2, -0.15) is 0 Å². The maximum atomic E-state index is 12.2. The summed E-state index contributed by atoms with van der Waals surface area (Å²) >= 11 is 0. The van der Waals surface area contributed by atoms with E-state index in [0.29, 0.717) is 6.61 Å². The second-order valence-electron chi connectivity index (χ2n) is 11.2. The Labute approximate surface area is 221 Å². The van der Waals surface area contributed by atoms with Crippen LogP contribution in [0.15, 0.2) is 0 Å². The van der Waals surface area contributed by atoms with Crippen molar-refractivity contribution in [2.45, 2.75) is 180 Å². The molecule has 0 saturated heterocycles. The van der Waals surface area contributed by atoms with Gasteiger partial charge in [-0.3, -0.25) is 9.69 Å². The van der Waals surface area contributed by atoms with Gasteiger partial charge in [-0.05, 0) is 26.9 Å². The SMILES string of the molecule is CCCCCCCCCCCCCCCCCCCCCCCCOC(=O)C(CCCC)N(C)C. The zero-order chi connectivity index (χ0) is 25.8. The van der Waals surface area contributed by atoms with E-state index in [2.05, 4.69) is 13.8 Å². The third-order valence-electron chi connectivity index (χ3n) is 7.47. The fraction of sp³-hybridized carbons (Fsp3) is 0.969. The molecule has 3 heteroatoms. The van der Waals surface area contributed by atoms with Gasteiger partial charge < -0.3 is 4.74 Å². The van der Waals surface area contributed by atoms with Crippen molar-refractivity contribution in [1.82, 2.24) is 4.90 Å². The molecule has 1 atom stereocenters. The molecule has 0 amide bonds. The van der Waals surface area contributed by atoms with Crippen LogP contribution in [0.1, 0.15) is 174 Å². The highest BCUT2D eigenvalue weighted by molar-refractivity contribution is 5.75. The standard InChI is InChI=1S/C32H65NO2/c1-5-7-9-10-11-12-13-14-15-16-17-18-19-20-21-22-23-24-25-26-27-28-30-35-32(34)31(33(3)4)29-8-6-2/h31H,5-30H2,1-4H3. The molecule has 0 aromatic heterocycles. The normalized spacial score (nSPS) is 12.4. The van der Waals surface area contributed by atoms with Gasteiger partial charge in [0, 0.05) is 0 Å². The van der Waals surface area contributed by atoms with E-state index in [1.807, 2.05) is 19.0 Å². The van der Waals surface area contributed by atoms with Crippen molar-refractivity contribution in [3.8, 4) is 0 Å². The topological polar surface area (TPSA) is 29.5 Å². The Morgan fingerprint density at radius 3 is 1.14 bits per heavy atom. The number of esters is 1. The predicted octanol–water partition coefficient (Wildman–Crippen LogP) is 10.3. The lowest BCUT2D eigenvalue weighted by molar-refractivity contribution is -0.149. The van der Waals surface area contributed by atoms with Gasteiger partial charge in [0.15, 0.2) is 0 Å². The highest BCUT2D eigenvalue weighted by Gasteiger charge is 2.21. The Morgan fingerprint density at radius 1 is 0.514 bits per heavy atom. The number of carbonyl (C=O) groups excluding carboxylic acids is 1. The van der Waals surface area contributed by atoms with Crippen molar-refractivity contribution in [1.29, 1.82) is 0 Å². The maximum absolute atomic E-state index is 12.2. The van der Waals surface area contributed by atoms with Gasteiger partial charge in [0.25, 0.3) is 0 Å². The Morgan fingerprint density at radius 2 is 0.829 bits per heavy atom. The molecule has 0 aliphatic carbocycles. The summed E-state index contributed by atoms with van der Waals surface area (Å²) < 4.78 is 5.53. The number of unbranched alkanes of at least 4 members (excludes halogenated alkanes) is 22. The van der Waals surface area contributed by atoms with Gasteiger partial charge in [0.05, 0.1) is 6.61 Å². The molecule has 3 nitrogen and oxygen atoms in total. The van der Waals surface area contributed by atoms with E-state index in [-0.39, 0.29) is 12.0 Å². The molecule has 0 fully saturated rings. The first-order valence-electron chi connectivity index (χ1n) is 16.0. The first kappa shape index (κ1) is 34.4. The Bertz CT molecular complexity index is 424. The highest BCUT2D eigenvalue weighted by atomic mass is 16.5. The second-order valence-corrected chi connectivity index (χ2v) is 11.2. The summed E-state index contributed by atoms with van der Waals surface area (Å²) in [4.78, 5) is 14.2. The van der Waals surface area contributed by atoms with E-state index in [1.54, 1.807) is 0 Å². The van der Waals surface area contributed by atoms with E-state index >= 15 is 0 Å². The fourth-order valence-corrected chi connectivity index (χ4v) is 4.96. The van der Waals surface area contributed by atoms with Crippen LogP contribution in [0.4, 0.5) is 0 Å². The fourth-order valence-electron chi connectivity index (χ4n) is 4.96. The van der Waals surface area contributed by atoms with Crippen LogP contribution in [-0.2, 0) is 9.53 Å². The molecule has 0 radical (unpaired) electrons. The zero-order valence-corrected chi connectivity index (χ0v) is 24.7. The molecular formula is C32H65NO2. The minimum absolute atomic E-state index is 0.0352. The number of ether oxygens (including phenoxy) is 1. The van der Waals surface area contributed by atoms with E-state index in [9.17, 15) is 4.79 Å². The molecule has 0 N–H and O–H groups in total. The lowest BCUT2D eigenvalue weighted by atomic mass is 10.0. The number of rotatable bonds is 28. The number of nitrogens with zero attached hydrogens (tertiary/aromatic N) is 1. The molecule has 0 bridgehead atoms. The van der Waals surface area contributed by atoms with Crippen LogP contribution >= 0.6 is 0 Å². The van der Waals surface area contributed by atoms with Gasteiger partial charge in [-0.15, -0.1) is 0 Å². The van der Waals surface area contributed by atoms with Crippen LogP contribution in [-0.4, -0.2) is 37.6 Å². The Balaban J connectivity index is 3.25. The Kier molecular flexibility index (Phi) is 27.6. The maximum Gasteiger partial charge on any atom is 0.323 e. The van der Waals surface area contributed by atoms with Crippen molar-refractivity contribution < 1.29 is 9.53 Å². The largest absolute Gasteiger partial charge is 0.465 e. The molecule has 210 valence electrons. The van der Waals surface area contributed by atoms with Crippen LogP contribution in [0.3, 0.4) is 0 Å². The molecule has 0 aromatic rings. The van der Waals surface area contributed by atoms with E-state index < -0.39 is 0 Å². The summed E-state index contributed by atoms with van der Waals surface area (Å²) in [5, 5.41) is 0. The average molecular weight is 496 g/mol. The summed E-state index contributed by atoms with van der Waals surface area (Å²) in [5.41, 5.74) is 0. The monoisotopic (exact) mass is 496 g/mol. The summed E-state index contributed by atoms with van der Waals surface area (Å²) in [6.07, 6.45) is 33.8. The summed E-state index contributed by atoms with van der Waals surface area (Å²) in [6, 6.07) is -0.0744. The van der Waals surface area contributed by atoms with E-state index in [1.165, 1.54) is 135 Å². The smallest absolute Gasteiger partial charge is 0.323 e. The van der Waals surface area contributed by atoms with Crippen LogP contribution in [0.5, 0.6) is 0 Å². The quantitative estimate of drug-likeness (QED) is 0.0798. The number of hydrogen-bond donors (Lipinski definition) is 0. The predicted molar refractivity (Wildman–Crippen MR) is 155 cm³/mol. The molecule has 0 aromatic carbocycles. The van der Waals surface area contributed by atoms with Gasteiger partial charge >= 0.3 is 5.97 Å². The van der Waals surface area contributed by atoms with Gasteiger partial charge in [-0.25, -0.2) is 0 Å².